The van der Waals surface area contributed by atoms with Crippen molar-refractivity contribution in [3.8, 4) is 5.75 Å². The minimum Gasteiger partial charge on any atom is -0.494 e. The van der Waals surface area contributed by atoms with Crippen LogP contribution >= 0.6 is 15.9 Å². The Balaban J connectivity index is 1.56. The van der Waals surface area contributed by atoms with Gasteiger partial charge in [0.2, 0.25) is 5.90 Å². The lowest BCUT2D eigenvalue weighted by molar-refractivity contribution is -0.128. The van der Waals surface area contributed by atoms with Gasteiger partial charge in [0.1, 0.15) is 11.6 Å². The first-order chi connectivity index (χ1) is 21.9. The Bertz CT molecular complexity index is 1710. The molecule has 0 radical (unpaired) electrons. The third-order valence-electron chi connectivity index (χ3n) is 7.38. The topological polar surface area (TPSA) is 129 Å². The van der Waals surface area contributed by atoms with Crippen molar-refractivity contribution in [2.24, 2.45) is 10.1 Å². The smallest absolute Gasteiger partial charge is 0.252 e. The van der Waals surface area contributed by atoms with E-state index in [9.17, 15) is 14.7 Å². The number of hydrogen-bond donors (Lipinski definition) is 2. The van der Waals surface area contributed by atoms with E-state index in [-0.39, 0.29) is 37.2 Å². The van der Waals surface area contributed by atoms with Gasteiger partial charge in [0.05, 0.1) is 6.61 Å². The Hall–Kier alpha value is -4.70. The van der Waals surface area contributed by atoms with Crippen molar-refractivity contribution in [1.82, 2.24) is 5.32 Å². The standard InChI is InChI=1S/C34H31BrFN5O4/c35-26-13-9-24(10-14-26)22-34(33(43)38-18-17-23-5-3-6-27(36)21-23)31(29-7-1-2-8-30(29)40-41-37)45-32(39-34)25-11-15-28(16-12-25)44-20-4-19-42/h1-3,5-16,21,31,42H,4,17-20,22H2,(H,38,43)/t31-,34-/m1/s1. The Kier molecular flexibility index (Phi) is 10.5. The quantitative estimate of drug-likeness (QED) is 0.0677. The normalized spacial score (nSPS) is 17.1. The molecule has 0 fully saturated rings. The number of aliphatic hydroxyl groups excluding tert-OH is 1. The number of aliphatic hydroxyl groups is 1. The molecule has 2 N–H and O–H groups in total. The average Bonchev–Trinajstić information content (AvgIpc) is 3.43. The van der Waals surface area contributed by atoms with Crippen molar-refractivity contribution in [3.05, 3.63) is 140 Å². The van der Waals surface area contributed by atoms with Crippen molar-refractivity contribution in [2.45, 2.75) is 30.9 Å². The summed E-state index contributed by atoms with van der Waals surface area (Å²) in [6.45, 7) is 0.643. The number of benzene rings is 4. The molecule has 4 aromatic carbocycles. The zero-order chi connectivity index (χ0) is 31.6. The minimum atomic E-state index is -1.50. The second-order valence-corrected chi connectivity index (χ2v) is 11.4. The molecule has 2 atom stereocenters. The molecule has 1 heterocycles. The lowest BCUT2D eigenvalue weighted by Crippen LogP contribution is -2.50. The van der Waals surface area contributed by atoms with Crippen molar-refractivity contribution >= 4 is 33.4 Å². The maximum atomic E-state index is 14.4. The molecule has 0 unspecified atom stereocenters. The van der Waals surface area contributed by atoms with E-state index in [1.54, 1.807) is 60.7 Å². The van der Waals surface area contributed by atoms with Crippen LogP contribution in [0.2, 0.25) is 0 Å². The van der Waals surface area contributed by atoms with Gasteiger partial charge in [-0.15, -0.1) is 0 Å². The monoisotopic (exact) mass is 671 g/mol. The summed E-state index contributed by atoms with van der Waals surface area (Å²) in [5.41, 5.74) is 10.9. The molecule has 230 valence electrons. The van der Waals surface area contributed by atoms with E-state index in [0.717, 1.165) is 15.6 Å². The SMILES string of the molecule is [N-]=[N+]=Nc1ccccc1[C@H]1OC(c2ccc(OCCCO)cc2)=N[C@@]1(Cc1ccc(Br)cc1)C(=O)NCCc1cccc(F)c1. The van der Waals surface area contributed by atoms with E-state index in [0.29, 0.717) is 42.0 Å². The van der Waals surface area contributed by atoms with Gasteiger partial charge in [-0.2, -0.15) is 0 Å². The van der Waals surface area contributed by atoms with Crippen LogP contribution in [0.3, 0.4) is 0 Å². The van der Waals surface area contributed by atoms with Crippen LogP contribution in [0.5, 0.6) is 5.75 Å². The molecule has 0 aromatic heterocycles. The summed E-state index contributed by atoms with van der Waals surface area (Å²) < 4.78 is 26.9. The highest BCUT2D eigenvalue weighted by molar-refractivity contribution is 9.10. The minimum absolute atomic E-state index is 0.0339. The van der Waals surface area contributed by atoms with Gasteiger partial charge in [-0.1, -0.05) is 69.6 Å². The van der Waals surface area contributed by atoms with Gasteiger partial charge in [0.15, 0.2) is 11.6 Å². The fourth-order valence-corrected chi connectivity index (χ4v) is 5.45. The van der Waals surface area contributed by atoms with Gasteiger partial charge in [0.25, 0.3) is 5.91 Å². The van der Waals surface area contributed by atoms with Crippen LogP contribution in [0.25, 0.3) is 10.4 Å². The summed E-state index contributed by atoms with van der Waals surface area (Å²) in [6.07, 6.45) is 0.143. The summed E-state index contributed by atoms with van der Waals surface area (Å²) in [6, 6.07) is 28.0. The number of amides is 1. The number of azide groups is 1. The Morgan fingerprint density at radius 3 is 2.58 bits per heavy atom. The predicted octanol–water partition coefficient (Wildman–Crippen LogP) is 7.15. The number of carbonyl (C=O) groups is 1. The summed E-state index contributed by atoms with van der Waals surface area (Å²) in [5, 5.41) is 16.0. The van der Waals surface area contributed by atoms with Gasteiger partial charge in [0, 0.05) is 52.2 Å². The van der Waals surface area contributed by atoms with Crippen LogP contribution in [0.1, 0.15) is 34.8 Å². The number of carbonyl (C=O) groups excluding carboxylic acids is 1. The summed E-state index contributed by atoms with van der Waals surface area (Å²) in [7, 11) is 0. The number of hydrogen-bond acceptors (Lipinski definition) is 6. The van der Waals surface area contributed by atoms with E-state index in [1.807, 2.05) is 24.3 Å². The van der Waals surface area contributed by atoms with Gasteiger partial charge in [-0.3, -0.25) is 4.79 Å². The first-order valence-electron chi connectivity index (χ1n) is 14.4. The molecule has 5 rings (SSSR count). The fraction of sp³-hybridized carbons (Fsp3) is 0.235. The fourth-order valence-electron chi connectivity index (χ4n) is 5.19. The van der Waals surface area contributed by atoms with Crippen LogP contribution in [-0.2, 0) is 22.4 Å². The number of halogens is 2. The number of nitrogens with zero attached hydrogens (tertiary/aromatic N) is 4. The van der Waals surface area contributed by atoms with Crippen molar-refractivity contribution in [2.75, 3.05) is 19.8 Å². The number of aliphatic imine (C=N–C) groups is 1. The molecule has 1 aliphatic heterocycles. The summed E-state index contributed by atoms with van der Waals surface area (Å²) >= 11 is 3.48. The van der Waals surface area contributed by atoms with Crippen LogP contribution < -0.4 is 10.1 Å². The van der Waals surface area contributed by atoms with Crippen molar-refractivity contribution < 1.29 is 23.8 Å². The van der Waals surface area contributed by atoms with E-state index in [4.69, 9.17) is 19.6 Å². The lowest BCUT2D eigenvalue weighted by Gasteiger charge is -2.31. The third-order valence-corrected chi connectivity index (χ3v) is 7.91. The zero-order valence-electron chi connectivity index (χ0n) is 24.3. The average molecular weight is 673 g/mol. The Morgan fingerprint density at radius 1 is 1.07 bits per heavy atom. The van der Waals surface area contributed by atoms with Crippen LogP contribution in [-0.4, -0.2) is 42.2 Å². The molecule has 9 nitrogen and oxygen atoms in total. The molecule has 1 amide bonds. The molecule has 4 aromatic rings. The van der Waals surface area contributed by atoms with Crippen molar-refractivity contribution in [1.29, 1.82) is 0 Å². The van der Waals surface area contributed by atoms with Gasteiger partial charge in [-0.05, 0) is 71.6 Å². The molecular weight excluding hydrogens is 641 g/mol. The van der Waals surface area contributed by atoms with Gasteiger partial charge < -0.3 is 19.9 Å². The molecule has 1 aliphatic rings. The maximum absolute atomic E-state index is 14.4. The molecular formula is C34H31BrFN5O4. The van der Waals surface area contributed by atoms with E-state index < -0.39 is 11.6 Å². The third kappa shape index (κ3) is 7.69. The predicted molar refractivity (Wildman–Crippen MR) is 173 cm³/mol. The first kappa shape index (κ1) is 31.7. The first-order valence-corrected chi connectivity index (χ1v) is 15.2. The second-order valence-electron chi connectivity index (χ2n) is 10.5. The van der Waals surface area contributed by atoms with Crippen LogP contribution in [0, 0.1) is 5.82 Å². The lowest BCUT2D eigenvalue weighted by atomic mass is 9.81. The highest BCUT2D eigenvalue weighted by Crippen LogP contribution is 2.45. The molecule has 0 spiro atoms. The maximum Gasteiger partial charge on any atom is 0.252 e. The highest BCUT2D eigenvalue weighted by atomic mass is 79.9. The van der Waals surface area contributed by atoms with Crippen LogP contribution in [0.15, 0.2) is 112 Å². The van der Waals surface area contributed by atoms with E-state index in [2.05, 4.69) is 31.3 Å². The van der Waals surface area contributed by atoms with Crippen LogP contribution in [0.4, 0.5) is 10.1 Å². The molecule has 0 bridgehead atoms. The van der Waals surface area contributed by atoms with Crippen molar-refractivity contribution in [3.63, 3.8) is 0 Å². The molecule has 0 saturated carbocycles. The summed E-state index contributed by atoms with van der Waals surface area (Å²) in [4.78, 5) is 22.4. The van der Waals surface area contributed by atoms with E-state index in [1.165, 1.54) is 12.1 Å². The molecule has 11 heteroatoms. The van der Waals surface area contributed by atoms with Gasteiger partial charge >= 0.3 is 0 Å². The molecule has 0 saturated heterocycles. The van der Waals surface area contributed by atoms with Gasteiger partial charge in [-0.25, -0.2) is 9.38 Å². The zero-order valence-corrected chi connectivity index (χ0v) is 25.9. The Labute approximate surface area is 268 Å². The largest absolute Gasteiger partial charge is 0.494 e. The molecule has 0 aliphatic carbocycles. The number of ether oxygens (including phenoxy) is 2. The Morgan fingerprint density at radius 2 is 1.84 bits per heavy atom. The second kappa shape index (κ2) is 14.9. The summed E-state index contributed by atoms with van der Waals surface area (Å²) in [5.74, 6) is 0.132. The highest BCUT2D eigenvalue weighted by Gasteiger charge is 2.53. The number of rotatable bonds is 13. The number of nitrogens with one attached hydrogen (secondary N) is 1. The van der Waals surface area contributed by atoms with E-state index >= 15 is 0 Å². The molecule has 45 heavy (non-hydrogen) atoms.